The van der Waals surface area contributed by atoms with Crippen LogP contribution in [0.25, 0.3) is 0 Å². The number of nitrogens with zero attached hydrogens (tertiary/aromatic N) is 3. The van der Waals surface area contributed by atoms with Crippen LogP contribution >= 0.6 is 15.9 Å². The molecule has 2 rings (SSSR count). The predicted octanol–water partition coefficient (Wildman–Crippen LogP) is 1.84. The maximum atomic E-state index is 12.4. The average molecular weight is 412 g/mol. The maximum Gasteiger partial charge on any atom is 0.239 e. The van der Waals surface area contributed by atoms with Crippen molar-refractivity contribution < 1.29 is 14.3 Å². The van der Waals surface area contributed by atoms with Gasteiger partial charge in [0.2, 0.25) is 11.8 Å². The highest BCUT2D eigenvalue weighted by atomic mass is 79.9. The fraction of sp³-hybridized carbons (Fsp3) is 0.556. The second kappa shape index (κ2) is 9.20. The third-order valence-corrected chi connectivity index (χ3v) is 4.89. The van der Waals surface area contributed by atoms with Crippen LogP contribution in [0.1, 0.15) is 12.8 Å². The number of benzene rings is 1. The molecule has 138 valence electrons. The topological polar surface area (TPSA) is 53.1 Å². The van der Waals surface area contributed by atoms with Crippen LogP contribution in [0.4, 0.5) is 0 Å². The second-order valence-corrected chi connectivity index (χ2v) is 7.39. The summed E-state index contributed by atoms with van der Waals surface area (Å²) in [6.07, 6.45) is 1.77. The first kappa shape index (κ1) is 19.7. The number of rotatable bonds is 7. The van der Waals surface area contributed by atoms with Crippen LogP contribution < -0.4 is 4.74 Å². The Morgan fingerprint density at radius 3 is 2.56 bits per heavy atom. The van der Waals surface area contributed by atoms with Gasteiger partial charge in [0.15, 0.2) is 0 Å². The van der Waals surface area contributed by atoms with Crippen LogP contribution in [0, 0.1) is 0 Å². The minimum absolute atomic E-state index is 0.0119. The Morgan fingerprint density at radius 1 is 1.24 bits per heavy atom. The quantitative estimate of drug-likeness (QED) is 0.686. The SMILES string of the molecule is CN(C)C(=O)C1CCCN1CC(=O)N(C)CCOc1ccc(Br)cc1. The fourth-order valence-corrected chi connectivity index (χ4v) is 3.11. The Balaban J connectivity index is 1.77. The molecule has 0 radical (unpaired) electrons. The number of carbonyl (C=O) groups excluding carboxylic acids is 2. The van der Waals surface area contributed by atoms with Gasteiger partial charge in [-0.1, -0.05) is 15.9 Å². The number of hydrogen-bond acceptors (Lipinski definition) is 4. The van der Waals surface area contributed by atoms with Gasteiger partial charge in [0, 0.05) is 25.6 Å². The molecule has 2 amide bonds. The fourth-order valence-electron chi connectivity index (χ4n) is 2.84. The zero-order valence-corrected chi connectivity index (χ0v) is 16.7. The van der Waals surface area contributed by atoms with Gasteiger partial charge in [0.1, 0.15) is 12.4 Å². The van der Waals surface area contributed by atoms with Crippen molar-refractivity contribution >= 4 is 27.7 Å². The summed E-state index contributed by atoms with van der Waals surface area (Å²) in [6.45, 7) is 2.01. The van der Waals surface area contributed by atoms with E-state index in [1.54, 1.807) is 30.9 Å². The first-order valence-corrected chi connectivity index (χ1v) is 9.25. The highest BCUT2D eigenvalue weighted by Gasteiger charge is 2.33. The molecule has 1 atom stereocenters. The molecule has 7 heteroatoms. The van der Waals surface area contributed by atoms with Gasteiger partial charge in [0.05, 0.1) is 19.1 Å². The molecule has 25 heavy (non-hydrogen) atoms. The summed E-state index contributed by atoms with van der Waals surface area (Å²) in [5.74, 6) is 0.865. The molecule has 1 aliphatic heterocycles. The van der Waals surface area contributed by atoms with E-state index in [0.717, 1.165) is 29.6 Å². The normalized spacial score (nSPS) is 17.4. The van der Waals surface area contributed by atoms with Crippen molar-refractivity contribution in [2.45, 2.75) is 18.9 Å². The lowest BCUT2D eigenvalue weighted by Crippen LogP contribution is -2.47. The molecule has 0 N–H and O–H groups in total. The number of halogens is 1. The predicted molar refractivity (Wildman–Crippen MR) is 101 cm³/mol. The van der Waals surface area contributed by atoms with Gasteiger partial charge >= 0.3 is 0 Å². The van der Waals surface area contributed by atoms with Crippen LogP contribution in [-0.4, -0.2) is 79.9 Å². The summed E-state index contributed by atoms with van der Waals surface area (Å²) >= 11 is 3.38. The summed E-state index contributed by atoms with van der Waals surface area (Å²) in [4.78, 5) is 29.9. The monoisotopic (exact) mass is 411 g/mol. The number of ether oxygens (including phenoxy) is 1. The number of carbonyl (C=O) groups is 2. The Bertz CT molecular complexity index is 592. The first-order chi connectivity index (χ1) is 11.9. The Kier molecular flexibility index (Phi) is 7.25. The molecule has 1 heterocycles. The van der Waals surface area contributed by atoms with Crippen molar-refractivity contribution in [2.24, 2.45) is 0 Å². The largest absolute Gasteiger partial charge is 0.492 e. The molecular weight excluding hydrogens is 386 g/mol. The van der Waals surface area contributed by atoms with Gasteiger partial charge in [-0.15, -0.1) is 0 Å². The van der Waals surface area contributed by atoms with Crippen LogP contribution in [0.3, 0.4) is 0 Å². The maximum absolute atomic E-state index is 12.4. The van der Waals surface area contributed by atoms with E-state index in [9.17, 15) is 9.59 Å². The number of likely N-dealkylation sites (N-methyl/N-ethyl adjacent to an activating group) is 2. The molecule has 1 aromatic rings. The lowest BCUT2D eigenvalue weighted by Gasteiger charge is -2.27. The van der Waals surface area contributed by atoms with Gasteiger partial charge in [0.25, 0.3) is 0 Å². The van der Waals surface area contributed by atoms with E-state index in [0.29, 0.717) is 13.2 Å². The minimum Gasteiger partial charge on any atom is -0.492 e. The average Bonchev–Trinajstić information content (AvgIpc) is 3.03. The van der Waals surface area contributed by atoms with Crippen molar-refractivity contribution in [3.05, 3.63) is 28.7 Å². The lowest BCUT2D eigenvalue weighted by atomic mass is 10.2. The van der Waals surface area contributed by atoms with Gasteiger partial charge in [-0.3, -0.25) is 14.5 Å². The van der Waals surface area contributed by atoms with Gasteiger partial charge in [-0.2, -0.15) is 0 Å². The number of likely N-dealkylation sites (tertiary alicyclic amines) is 1. The van der Waals surface area contributed by atoms with Gasteiger partial charge in [-0.05, 0) is 43.7 Å². The first-order valence-electron chi connectivity index (χ1n) is 8.46. The smallest absolute Gasteiger partial charge is 0.239 e. The molecule has 1 aliphatic rings. The summed E-state index contributed by atoms with van der Waals surface area (Å²) < 4.78 is 6.65. The van der Waals surface area contributed by atoms with Gasteiger partial charge in [-0.25, -0.2) is 0 Å². The Hall–Kier alpha value is -1.60. The van der Waals surface area contributed by atoms with Crippen molar-refractivity contribution in [3.8, 4) is 5.75 Å². The summed E-state index contributed by atoms with van der Waals surface area (Å²) in [5.41, 5.74) is 0. The molecule has 1 aromatic carbocycles. The molecule has 6 nitrogen and oxygen atoms in total. The Labute approximate surface area is 157 Å². The highest BCUT2D eigenvalue weighted by molar-refractivity contribution is 9.10. The van der Waals surface area contributed by atoms with E-state index in [1.165, 1.54) is 0 Å². The molecule has 0 aliphatic carbocycles. The van der Waals surface area contributed by atoms with Crippen molar-refractivity contribution in [1.29, 1.82) is 0 Å². The third kappa shape index (κ3) is 5.71. The van der Waals surface area contributed by atoms with Crippen molar-refractivity contribution in [1.82, 2.24) is 14.7 Å². The van der Waals surface area contributed by atoms with Crippen molar-refractivity contribution in [3.63, 3.8) is 0 Å². The standard InChI is InChI=1S/C18H26BrN3O3/c1-20(2)18(24)16-5-4-10-22(16)13-17(23)21(3)11-12-25-15-8-6-14(19)7-9-15/h6-9,16H,4-5,10-13H2,1-3H3. The van der Waals surface area contributed by atoms with E-state index in [4.69, 9.17) is 4.74 Å². The second-order valence-electron chi connectivity index (χ2n) is 6.48. The molecule has 0 saturated carbocycles. The van der Waals surface area contributed by atoms with E-state index < -0.39 is 0 Å². The van der Waals surface area contributed by atoms with Crippen molar-refractivity contribution in [2.75, 3.05) is 47.4 Å². The number of hydrogen-bond donors (Lipinski definition) is 0. The zero-order valence-electron chi connectivity index (χ0n) is 15.1. The zero-order chi connectivity index (χ0) is 18.4. The molecule has 1 fully saturated rings. The van der Waals surface area contributed by atoms with Crippen LogP contribution in [-0.2, 0) is 9.59 Å². The highest BCUT2D eigenvalue weighted by Crippen LogP contribution is 2.19. The summed E-state index contributed by atoms with van der Waals surface area (Å²) in [7, 11) is 5.28. The van der Waals surface area contributed by atoms with Crippen LogP contribution in [0.15, 0.2) is 28.7 Å². The molecular formula is C18H26BrN3O3. The van der Waals surface area contributed by atoms with E-state index in [-0.39, 0.29) is 24.4 Å². The van der Waals surface area contributed by atoms with E-state index >= 15 is 0 Å². The molecule has 1 saturated heterocycles. The third-order valence-electron chi connectivity index (χ3n) is 4.36. The van der Waals surface area contributed by atoms with Crippen LogP contribution in [0.2, 0.25) is 0 Å². The van der Waals surface area contributed by atoms with E-state index in [1.807, 2.05) is 29.2 Å². The van der Waals surface area contributed by atoms with Gasteiger partial charge < -0.3 is 14.5 Å². The molecule has 1 unspecified atom stereocenters. The molecule has 0 bridgehead atoms. The summed E-state index contributed by atoms with van der Waals surface area (Å²) in [5, 5.41) is 0. The Morgan fingerprint density at radius 2 is 1.92 bits per heavy atom. The van der Waals surface area contributed by atoms with E-state index in [2.05, 4.69) is 15.9 Å². The number of amides is 2. The van der Waals surface area contributed by atoms with Crippen LogP contribution in [0.5, 0.6) is 5.75 Å². The molecule has 0 aromatic heterocycles. The lowest BCUT2D eigenvalue weighted by molar-refractivity contribution is -0.136. The summed E-state index contributed by atoms with van der Waals surface area (Å²) in [6, 6.07) is 7.42. The minimum atomic E-state index is -0.175. The molecule has 0 spiro atoms.